The zero-order chi connectivity index (χ0) is 15.9. The van der Waals surface area contributed by atoms with Crippen molar-refractivity contribution in [2.45, 2.75) is 17.3 Å². The molecular weight excluding hydrogens is 302 g/mol. The summed E-state index contributed by atoms with van der Waals surface area (Å²) in [6.45, 7) is 5.80. The number of tetrazole rings is 1. The Kier molecular flexibility index (Phi) is 5.54. The summed E-state index contributed by atoms with van der Waals surface area (Å²) in [7, 11) is 1.58. The first kappa shape index (κ1) is 16.0. The number of rotatable bonds is 7. The summed E-state index contributed by atoms with van der Waals surface area (Å²) in [4.78, 5) is 11.9. The van der Waals surface area contributed by atoms with Gasteiger partial charge in [-0.2, -0.15) is 4.68 Å². The molecule has 1 atom stereocenters. The number of thioether (sulfide) groups is 1. The lowest BCUT2D eigenvalue weighted by Gasteiger charge is -2.12. The fourth-order valence-corrected chi connectivity index (χ4v) is 2.56. The minimum absolute atomic E-state index is 0.0977. The molecule has 1 heterocycles. The smallest absolute Gasteiger partial charge is 0.233 e. The number of hydrogen-bond donors (Lipinski definition) is 1. The largest absolute Gasteiger partial charge is 0.494 e. The van der Waals surface area contributed by atoms with E-state index in [0.29, 0.717) is 17.5 Å². The van der Waals surface area contributed by atoms with Gasteiger partial charge in [0.15, 0.2) is 0 Å². The van der Waals surface area contributed by atoms with E-state index in [9.17, 15) is 4.79 Å². The molecule has 1 aromatic heterocycles. The Morgan fingerprint density at radius 3 is 3.05 bits per heavy atom. The summed E-state index contributed by atoms with van der Waals surface area (Å²) >= 11 is 1.27. The van der Waals surface area contributed by atoms with E-state index in [1.807, 2.05) is 24.3 Å². The maximum Gasteiger partial charge on any atom is 0.233 e. The number of nitrogens with zero attached hydrogens (tertiary/aromatic N) is 4. The molecule has 1 amide bonds. The van der Waals surface area contributed by atoms with Crippen LogP contribution in [0.4, 0.5) is 0 Å². The van der Waals surface area contributed by atoms with Crippen LogP contribution in [0, 0.1) is 0 Å². The van der Waals surface area contributed by atoms with Gasteiger partial charge in [0.25, 0.3) is 0 Å². The minimum atomic E-state index is -0.334. The highest BCUT2D eigenvalue weighted by Gasteiger charge is 2.19. The molecule has 0 aliphatic rings. The number of carbonyl (C=O) groups is 1. The van der Waals surface area contributed by atoms with Crippen molar-refractivity contribution in [3.05, 3.63) is 36.9 Å². The Hall–Kier alpha value is -2.35. The lowest BCUT2D eigenvalue weighted by atomic mass is 10.3. The van der Waals surface area contributed by atoms with Crippen LogP contribution in [0.1, 0.15) is 6.92 Å². The van der Waals surface area contributed by atoms with Gasteiger partial charge in [0.05, 0.1) is 12.4 Å². The normalized spacial score (nSPS) is 11.7. The predicted octanol–water partition coefficient (Wildman–Crippen LogP) is 1.45. The van der Waals surface area contributed by atoms with Crippen LogP contribution in [0.15, 0.2) is 42.1 Å². The van der Waals surface area contributed by atoms with Crippen LogP contribution in [-0.2, 0) is 4.79 Å². The molecule has 2 rings (SSSR count). The third kappa shape index (κ3) is 3.64. The van der Waals surface area contributed by atoms with Gasteiger partial charge in [-0.25, -0.2) is 0 Å². The molecule has 7 nitrogen and oxygen atoms in total. The molecule has 0 fully saturated rings. The highest BCUT2D eigenvalue weighted by atomic mass is 32.2. The maximum atomic E-state index is 11.9. The van der Waals surface area contributed by atoms with Crippen molar-refractivity contribution in [1.29, 1.82) is 0 Å². The maximum absolute atomic E-state index is 11.9. The van der Waals surface area contributed by atoms with Gasteiger partial charge in [0, 0.05) is 6.54 Å². The van der Waals surface area contributed by atoms with Gasteiger partial charge in [-0.05, 0) is 29.5 Å². The third-order valence-electron chi connectivity index (χ3n) is 2.83. The van der Waals surface area contributed by atoms with Crippen LogP contribution in [0.2, 0.25) is 0 Å². The molecule has 8 heteroatoms. The van der Waals surface area contributed by atoms with Crippen LogP contribution < -0.4 is 10.1 Å². The predicted molar refractivity (Wildman–Crippen MR) is 84.2 cm³/mol. The topological polar surface area (TPSA) is 81.9 Å². The van der Waals surface area contributed by atoms with Crippen molar-refractivity contribution in [2.75, 3.05) is 13.7 Å². The van der Waals surface area contributed by atoms with Crippen LogP contribution in [-0.4, -0.2) is 45.0 Å². The number of aromatic nitrogens is 4. The molecule has 0 saturated heterocycles. The molecule has 0 bridgehead atoms. The Morgan fingerprint density at radius 1 is 1.55 bits per heavy atom. The second-order valence-corrected chi connectivity index (χ2v) is 5.65. The van der Waals surface area contributed by atoms with Crippen LogP contribution in [0.5, 0.6) is 5.75 Å². The van der Waals surface area contributed by atoms with Crippen molar-refractivity contribution in [3.8, 4) is 11.4 Å². The van der Waals surface area contributed by atoms with E-state index in [1.165, 1.54) is 11.8 Å². The Bertz CT molecular complexity index is 658. The standard InChI is InChI=1S/C14H17N5O2S/c1-4-9-15-13(20)10(2)22-14-16-17-18-19(14)11-7-5-6-8-12(11)21-3/h4-8,10H,1,9H2,2-3H3,(H,15,20). The monoisotopic (exact) mass is 319 g/mol. The number of amides is 1. The van der Waals surface area contributed by atoms with Gasteiger partial charge < -0.3 is 10.1 Å². The lowest BCUT2D eigenvalue weighted by molar-refractivity contribution is -0.120. The van der Waals surface area contributed by atoms with Crippen molar-refractivity contribution in [2.24, 2.45) is 0 Å². The minimum Gasteiger partial charge on any atom is -0.494 e. The number of carbonyl (C=O) groups excluding carboxylic acids is 1. The van der Waals surface area contributed by atoms with Crippen molar-refractivity contribution in [3.63, 3.8) is 0 Å². The van der Waals surface area contributed by atoms with Gasteiger partial charge in [-0.3, -0.25) is 4.79 Å². The van der Waals surface area contributed by atoms with Gasteiger partial charge in [-0.15, -0.1) is 11.7 Å². The van der Waals surface area contributed by atoms with Crippen LogP contribution in [0.3, 0.4) is 0 Å². The quantitative estimate of drug-likeness (QED) is 0.614. The summed E-state index contributed by atoms with van der Waals surface area (Å²) in [5.41, 5.74) is 0.719. The van der Waals surface area contributed by atoms with Gasteiger partial charge in [-0.1, -0.05) is 30.0 Å². The second kappa shape index (κ2) is 7.60. The summed E-state index contributed by atoms with van der Waals surface area (Å²) in [5, 5.41) is 14.6. The average Bonchev–Trinajstić information content (AvgIpc) is 3.00. The molecule has 116 valence electrons. The summed E-state index contributed by atoms with van der Waals surface area (Å²) in [5.74, 6) is 0.555. The second-order valence-electron chi connectivity index (χ2n) is 4.34. The van der Waals surface area contributed by atoms with Crippen molar-refractivity contribution in [1.82, 2.24) is 25.5 Å². The zero-order valence-corrected chi connectivity index (χ0v) is 13.2. The first-order chi connectivity index (χ1) is 10.7. The van der Waals surface area contributed by atoms with Gasteiger partial charge >= 0.3 is 0 Å². The molecule has 0 saturated carbocycles. The Labute approximate surface area is 132 Å². The van der Waals surface area contributed by atoms with E-state index in [4.69, 9.17) is 4.74 Å². The molecule has 0 spiro atoms. The molecular formula is C14H17N5O2S. The number of benzene rings is 1. The summed E-state index contributed by atoms with van der Waals surface area (Å²) < 4.78 is 6.87. The molecule has 22 heavy (non-hydrogen) atoms. The number of hydrogen-bond acceptors (Lipinski definition) is 6. The van der Waals surface area contributed by atoms with E-state index in [2.05, 4.69) is 27.4 Å². The highest BCUT2D eigenvalue weighted by Crippen LogP contribution is 2.27. The molecule has 0 radical (unpaired) electrons. The van der Waals surface area contributed by atoms with Gasteiger partial charge in [0.2, 0.25) is 11.1 Å². The summed E-state index contributed by atoms with van der Waals surface area (Å²) in [6, 6.07) is 7.41. The van der Waals surface area contributed by atoms with Crippen LogP contribution >= 0.6 is 11.8 Å². The fourth-order valence-electron chi connectivity index (χ4n) is 1.74. The first-order valence-electron chi connectivity index (χ1n) is 6.64. The molecule has 1 aromatic carbocycles. The number of para-hydroxylation sites is 2. The first-order valence-corrected chi connectivity index (χ1v) is 7.52. The van der Waals surface area contributed by atoms with E-state index in [-0.39, 0.29) is 11.2 Å². The van der Waals surface area contributed by atoms with Crippen LogP contribution in [0.25, 0.3) is 5.69 Å². The number of ether oxygens (including phenoxy) is 1. The Balaban J connectivity index is 2.19. The molecule has 0 aliphatic carbocycles. The lowest BCUT2D eigenvalue weighted by Crippen LogP contribution is -2.31. The molecule has 1 N–H and O–H groups in total. The SMILES string of the molecule is C=CCNC(=O)C(C)Sc1nnnn1-c1ccccc1OC. The molecule has 2 aromatic rings. The highest BCUT2D eigenvalue weighted by molar-refractivity contribution is 8.00. The molecule has 0 aliphatic heterocycles. The van der Waals surface area contributed by atoms with E-state index in [1.54, 1.807) is 24.8 Å². The van der Waals surface area contributed by atoms with Gasteiger partial charge in [0.1, 0.15) is 11.4 Å². The van der Waals surface area contributed by atoms with Crippen molar-refractivity contribution >= 4 is 17.7 Å². The third-order valence-corrected chi connectivity index (χ3v) is 3.86. The average molecular weight is 319 g/mol. The summed E-state index contributed by atoms with van der Waals surface area (Å²) in [6.07, 6.45) is 1.63. The molecule has 1 unspecified atom stereocenters. The Morgan fingerprint density at radius 2 is 2.32 bits per heavy atom. The number of nitrogens with one attached hydrogen (secondary N) is 1. The van der Waals surface area contributed by atoms with E-state index < -0.39 is 0 Å². The zero-order valence-electron chi connectivity index (χ0n) is 12.4. The number of methoxy groups -OCH3 is 1. The van der Waals surface area contributed by atoms with E-state index in [0.717, 1.165) is 5.69 Å². The van der Waals surface area contributed by atoms with E-state index >= 15 is 0 Å². The fraction of sp³-hybridized carbons (Fsp3) is 0.286. The van der Waals surface area contributed by atoms with Crippen molar-refractivity contribution < 1.29 is 9.53 Å².